The zero-order chi connectivity index (χ0) is 24.4. The van der Waals surface area contributed by atoms with E-state index in [1.165, 1.54) is 6.33 Å². The van der Waals surface area contributed by atoms with Crippen molar-refractivity contribution >= 4 is 28.7 Å². The van der Waals surface area contributed by atoms with Crippen LogP contribution in [-0.2, 0) is 4.74 Å². The van der Waals surface area contributed by atoms with Crippen molar-refractivity contribution in [1.29, 1.82) is 0 Å². The molecule has 180 valence electrons. The van der Waals surface area contributed by atoms with E-state index < -0.39 is 0 Å². The maximum absolute atomic E-state index is 12.5. The zero-order valence-corrected chi connectivity index (χ0v) is 19.9. The Labute approximate surface area is 204 Å². The van der Waals surface area contributed by atoms with Crippen LogP contribution in [0.25, 0.3) is 11.0 Å². The molecule has 0 bridgehead atoms. The summed E-state index contributed by atoms with van der Waals surface area (Å²) in [7, 11) is 0. The van der Waals surface area contributed by atoms with Crippen molar-refractivity contribution in [2.24, 2.45) is 5.92 Å². The minimum atomic E-state index is -0.265. The van der Waals surface area contributed by atoms with Gasteiger partial charge in [-0.1, -0.05) is 24.0 Å². The van der Waals surface area contributed by atoms with Crippen LogP contribution < -0.4 is 5.73 Å². The number of anilines is 1. The number of piperidine rings is 1. The first-order valence-electron chi connectivity index (χ1n) is 12.2. The summed E-state index contributed by atoms with van der Waals surface area (Å²) in [5.74, 6) is 7.56. The Morgan fingerprint density at radius 2 is 1.94 bits per heavy atom. The molecule has 1 aliphatic carbocycles. The second-order valence-electron chi connectivity index (χ2n) is 9.23. The summed E-state index contributed by atoms with van der Waals surface area (Å²) in [5.41, 5.74) is 9.22. The number of benzene rings is 1. The van der Waals surface area contributed by atoms with Crippen molar-refractivity contribution in [2.45, 2.75) is 45.1 Å². The molecule has 3 heterocycles. The summed E-state index contributed by atoms with van der Waals surface area (Å²) in [6, 6.07) is 7.67. The second-order valence-corrected chi connectivity index (χ2v) is 9.23. The van der Waals surface area contributed by atoms with E-state index in [-0.39, 0.29) is 17.9 Å². The molecule has 0 radical (unpaired) electrons. The summed E-state index contributed by atoms with van der Waals surface area (Å²) in [4.78, 5) is 35.0. The minimum Gasteiger partial charge on any atom is -0.450 e. The number of aromatic nitrogens is 3. The van der Waals surface area contributed by atoms with Crippen molar-refractivity contribution in [3.8, 4) is 11.8 Å². The lowest BCUT2D eigenvalue weighted by Crippen LogP contribution is -2.39. The fraction of sp³-hybridized carbons (Fsp3) is 0.407. The molecule has 8 nitrogen and oxygen atoms in total. The number of nitrogens with two attached hydrogens (primary N) is 1. The molecule has 2 aliphatic rings. The third kappa shape index (κ3) is 4.99. The van der Waals surface area contributed by atoms with E-state index in [2.05, 4.69) is 26.4 Å². The highest BCUT2D eigenvalue weighted by Crippen LogP contribution is 2.34. The van der Waals surface area contributed by atoms with Gasteiger partial charge in [-0.15, -0.1) is 0 Å². The van der Waals surface area contributed by atoms with Gasteiger partial charge in [0, 0.05) is 42.9 Å². The van der Waals surface area contributed by atoms with E-state index in [0.29, 0.717) is 43.4 Å². The number of Topliss-reactive ketones (excluding diaryl/α,β-unsaturated/α-hetero) is 1. The number of carbonyl (C=O) groups is 2. The lowest BCUT2D eigenvalue weighted by atomic mass is 10.0. The van der Waals surface area contributed by atoms with Crippen molar-refractivity contribution < 1.29 is 14.3 Å². The lowest BCUT2D eigenvalue weighted by molar-refractivity contribution is 0.0929. The van der Waals surface area contributed by atoms with Gasteiger partial charge in [-0.3, -0.25) is 4.79 Å². The molecule has 0 unspecified atom stereocenters. The van der Waals surface area contributed by atoms with Crippen LogP contribution in [0, 0.1) is 17.8 Å². The lowest BCUT2D eigenvalue weighted by Gasteiger charge is -2.32. The number of fused-ring (bicyclic) bond motifs is 1. The molecule has 0 atom stereocenters. The van der Waals surface area contributed by atoms with Gasteiger partial charge in [0.15, 0.2) is 5.78 Å². The molecular weight excluding hydrogens is 442 g/mol. The Hall–Kier alpha value is -3.86. The van der Waals surface area contributed by atoms with Crippen LogP contribution in [0.3, 0.4) is 0 Å². The van der Waals surface area contributed by atoms with Gasteiger partial charge in [-0.25, -0.2) is 14.8 Å². The molecule has 1 saturated heterocycles. The second kappa shape index (κ2) is 9.79. The fourth-order valence-electron chi connectivity index (χ4n) is 4.63. The predicted molar refractivity (Wildman–Crippen MR) is 133 cm³/mol. The van der Waals surface area contributed by atoms with Gasteiger partial charge in [-0.2, -0.15) is 0 Å². The number of ether oxygens (including phenoxy) is 1. The van der Waals surface area contributed by atoms with Gasteiger partial charge in [-0.05, 0) is 50.7 Å². The number of hydrogen-bond donors (Lipinski definition) is 1. The molecule has 1 aliphatic heterocycles. The van der Waals surface area contributed by atoms with Crippen LogP contribution in [0.4, 0.5) is 10.6 Å². The van der Waals surface area contributed by atoms with Gasteiger partial charge in [0.2, 0.25) is 0 Å². The van der Waals surface area contributed by atoms with Crippen LogP contribution >= 0.6 is 0 Å². The molecule has 2 aromatic heterocycles. The van der Waals surface area contributed by atoms with Crippen molar-refractivity contribution in [2.75, 3.05) is 25.4 Å². The minimum absolute atomic E-state index is 0.163. The van der Waals surface area contributed by atoms with Crippen LogP contribution in [0.2, 0.25) is 0 Å². The third-order valence-corrected chi connectivity index (χ3v) is 6.72. The molecule has 1 saturated carbocycles. The highest BCUT2D eigenvalue weighted by atomic mass is 16.6. The van der Waals surface area contributed by atoms with Gasteiger partial charge in [0.05, 0.1) is 17.6 Å². The van der Waals surface area contributed by atoms with Crippen LogP contribution in [0.1, 0.15) is 66.6 Å². The number of amides is 1. The summed E-state index contributed by atoms with van der Waals surface area (Å²) in [6.45, 7) is 3.42. The predicted octanol–water partition coefficient (Wildman–Crippen LogP) is 4.19. The smallest absolute Gasteiger partial charge is 0.409 e. The number of nitrogens with zero attached hydrogens (tertiary/aromatic N) is 4. The molecule has 2 fully saturated rings. The molecule has 0 spiro atoms. The maximum atomic E-state index is 12.5. The van der Waals surface area contributed by atoms with E-state index in [1.54, 1.807) is 4.90 Å². The van der Waals surface area contributed by atoms with Crippen molar-refractivity contribution in [1.82, 2.24) is 19.4 Å². The first kappa shape index (κ1) is 22.9. The first-order chi connectivity index (χ1) is 17.0. The molecule has 35 heavy (non-hydrogen) atoms. The quantitative estimate of drug-likeness (QED) is 0.442. The number of ketones is 1. The third-order valence-electron chi connectivity index (χ3n) is 6.72. The summed E-state index contributed by atoms with van der Waals surface area (Å²) < 4.78 is 7.24. The number of hydrogen-bond acceptors (Lipinski definition) is 6. The number of carbonyl (C=O) groups excluding carboxylic acids is 2. The normalized spacial score (nSPS) is 16.1. The molecule has 1 amide bonds. The van der Waals surface area contributed by atoms with Gasteiger partial charge >= 0.3 is 6.09 Å². The van der Waals surface area contributed by atoms with Gasteiger partial charge < -0.3 is 19.9 Å². The molecule has 2 N–H and O–H groups in total. The van der Waals surface area contributed by atoms with E-state index >= 15 is 0 Å². The SMILES string of the molecule is CCOC(=O)N1CCC(n2cc(C#Cc3cccc(C(=O)CC4CC4)c3)c3c(N)ncnc32)CC1. The average molecular weight is 472 g/mol. The highest BCUT2D eigenvalue weighted by Gasteiger charge is 2.27. The van der Waals surface area contributed by atoms with Crippen molar-refractivity contribution in [3.05, 3.63) is 53.5 Å². The molecule has 5 rings (SSSR count). The van der Waals surface area contributed by atoms with Gasteiger partial charge in [0.1, 0.15) is 17.8 Å². The van der Waals surface area contributed by atoms with Gasteiger partial charge in [0.25, 0.3) is 0 Å². The Morgan fingerprint density at radius 3 is 2.69 bits per heavy atom. The van der Waals surface area contributed by atoms with E-state index in [0.717, 1.165) is 47.8 Å². The first-order valence-corrected chi connectivity index (χ1v) is 12.2. The Bertz CT molecular complexity index is 1320. The summed E-state index contributed by atoms with van der Waals surface area (Å²) in [6.07, 6.45) is 7.67. The summed E-state index contributed by atoms with van der Waals surface area (Å²) >= 11 is 0. The number of nitrogen functional groups attached to an aromatic ring is 1. The Kier molecular flexibility index (Phi) is 6.41. The van der Waals surface area contributed by atoms with E-state index in [1.807, 2.05) is 37.4 Å². The van der Waals surface area contributed by atoms with E-state index in [9.17, 15) is 9.59 Å². The Morgan fingerprint density at radius 1 is 1.14 bits per heavy atom. The topological polar surface area (TPSA) is 103 Å². The van der Waals surface area contributed by atoms with Crippen LogP contribution in [0.15, 0.2) is 36.8 Å². The zero-order valence-electron chi connectivity index (χ0n) is 19.9. The van der Waals surface area contributed by atoms with Crippen molar-refractivity contribution in [3.63, 3.8) is 0 Å². The number of likely N-dealkylation sites (tertiary alicyclic amines) is 1. The average Bonchev–Trinajstić information content (AvgIpc) is 3.61. The number of rotatable bonds is 5. The molecular formula is C27H29N5O3. The molecule has 3 aromatic rings. The largest absolute Gasteiger partial charge is 0.450 e. The Balaban J connectivity index is 1.40. The molecule has 8 heteroatoms. The fourth-order valence-corrected chi connectivity index (χ4v) is 4.63. The summed E-state index contributed by atoms with van der Waals surface area (Å²) in [5, 5.41) is 0.730. The molecule has 1 aromatic carbocycles. The maximum Gasteiger partial charge on any atom is 0.409 e. The van der Waals surface area contributed by atoms with E-state index in [4.69, 9.17) is 10.5 Å². The standard InChI is InChI=1S/C27H29N5O3/c1-2-35-27(34)31-12-10-22(11-13-31)32-16-21(24-25(28)29-17-30-26(24)32)9-8-18-4-3-5-20(14-18)23(33)15-19-6-7-19/h3-5,14,16-17,19,22H,2,6-7,10-13,15H2,1H3,(H2,28,29,30). The highest BCUT2D eigenvalue weighted by molar-refractivity contribution is 5.97. The van der Waals surface area contributed by atoms with Crippen LogP contribution in [0.5, 0.6) is 0 Å². The van der Waals surface area contributed by atoms with Crippen LogP contribution in [-0.4, -0.2) is 51.0 Å². The monoisotopic (exact) mass is 471 g/mol.